The maximum atomic E-state index is 13.6. The molecule has 0 atom stereocenters. The first-order chi connectivity index (χ1) is 14.5. The van der Waals surface area contributed by atoms with Crippen molar-refractivity contribution in [1.29, 1.82) is 0 Å². The number of hydrogen-bond acceptors (Lipinski definition) is 3. The van der Waals surface area contributed by atoms with Crippen molar-refractivity contribution in [1.82, 2.24) is 15.1 Å². The van der Waals surface area contributed by atoms with Crippen LogP contribution in [0.4, 0.5) is 8.78 Å². The summed E-state index contributed by atoms with van der Waals surface area (Å²) >= 11 is 0. The van der Waals surface area contributed by atoms with E-state index in [4.69, 9.17) is 0 Å². The first-order valence-corrected chi connectivity index (χ1v) is 9.98. The minimum absolute atomic E-state index is 0.0469. The minimum atomic E-state index is -0.920. The van der Waals surface area contributed by atoms with Gasteiger partial charge in [0.25, 0.3) is 5.91 Å². The fraction of sp³-hybridized carbons (Fsp3) is 0.304. The van der Waals surface area contributed by atoms with Crippen LogP contribution in [0.25, 0.3) is 6.08 Å². The summed E-state index contributed by atoms with van der Waals surface area (Å²) in [6.45, 7) is 3.79. The minimum Gasteiger partial charge on any atom is -0.351 e. The molecule has 5 nitrogen and oxygen atoms in total. The second-order valence-corrected chi connectivity index (χ2v) is 7.12. The number of rotatable bonds is 7. The molecule has 2 aromatic rings. The topological polar surface area (TPSA) is 52.7 Å². The summed E-state index contributed by atoms with van der Waals surface area (Å²) in [6, 6.07) is 12.9. The van der Waals surface area contributed by atoms with Gasteiger partial charge in [0.2, 0.25) is 5.91 Å². The summed E-state index contributed by atoms with van der Waals surface area (Å²) in [5.41, 5.74) is 0.926. The molecular weight excluding hydrogens is 388 g/mol. The molecule has 2 amide bonds. The van der Waals surface area contributed by atoms with Crippen molar-refractivity contribution in [2.24, 2.45) is 0 Å². The number of benzene rings is 2. The van der Waals surface area contributed by atoms with Gasteiger partial charge in [0.1, 0.15) is 11.6 Å². The first kappa shape index (κ1) is 21.6. The molecule has 1 aliphatic rings. The van der Waals surface area contributed by atoms with E-state index in [0.717, 1.165) is 37.3 Å². The van der Waals surface area contributed by atoms with E-state index in [9.17, 15) is 18.4 Å². The number of hydrogen-bond donors (Lipinski definition) is 1. The molecule has 158 valence electrons. The molecule has 0 bridgehead atoms. The molecule has 2 aromatic carbocycles. The Bertz CT molecular complexity index is 895. The Balaban J connectivity index is 1.36. The van der Waals surface area contributed by atoms with Crippen LogP contribution in [-0.4, -0.2) is 60.9 Å². The summed E-state index contributed by atoms with van der Waals surface area (Å²) in [6.07, 6.45) is 4.35. The molecular formula is C23H25F2N3O2. The average molecular weight is 413 g/mol. The van der Waals surface area contributed by atoms with E-state index < -0.39 is 17.5 Å². The summed E-state index contributed by atoms with van der Waals surface area (Å²) in [5.74, 6) is -2.37. The van der Waals surface area contributed by atoms with Crippen LogP contribution in [0, 0.1) is 11.6 Å². The predicted octanol–water partition coefficient (Wildman–Crippen LogP) is 2.94. The molecule has 1 saturated heterocycles. The van der Waals surface area contributed by atoms with E-state index in [-0.39, 0.29) is 24.4 Å². The number of nitrogens with one attached hydrogen (secondary N) is 1. The Hall–Kier alpha value is -3.06. The van der Waals surface area contributed by atoms with E-state index in [1.807, 2.05) is 18.2 Å². The molecule has 0 aliphatic carbocycles. The Morgan fingerprint density at radius 3 is 2.43 bits per heavy atom. The Morgan fingerprint density at radius 1 is 1.00 bits per heavy atom. The lowest BCUT2D eigenvalue weighted by molar-refractivity contribution is -0.132. The predicted molar refractivity (Wildman–Crippen MR) is 112 cm³/mol. The summed E-state index contributed by atoms with van der Waals surface area (Å²) in [4.78, 5) is 28.4. The second kappa shape index (κ2) is 10.6. The van der Waals surface area contributed by atoms with E-state index in [2.05, 4.69) is 34.5 Å². The highest BCUT2D eigenvalue weighted by Crippen LogP contribution is 2.10. The maximum Gasteiger partial charge on any atom is 0.254 e. The molecule has 3 rings (SSSR count). The van der Waals surface area contributed by atoms with Crippen molar-refractivity contribution in [3.8, 4) is 0 Å². The third kappa shape index (κ3) is 6.22. The van der Waals surface area contributed by atoms with Crippen molar-refractivity contribution in [2.45, 2.75) is 6.42 Å². The van der Waals surface area contributed by atoms with Crippen molar-refractivity contribution < 1.29 is 18.4 Å². The fourth-order valence-electron chi connectivity index (χ4n) is 3.29. The molecule has 30 heavy (non-hydrogen) atoms. The number of halogens is 2. The van der Waals surface area contributed by atoms with Gasteiger partial charge in [0.15, 0.2) is 0 Å². The van der Waals surface area contributed by atoms with Gasteiger partial charge >= 0.3 is 0 Å². The van der Waals surface area contributed by atoms with Crippen LogP contribution in [0.1, 0.15) is 22.3 Å². The first-order valence-electron chi connectivity index (χ1n) is 9.98. The van der Waals surface area contributed by atoms with E-state index in [0.29, 0.717) is 19.2 Å². The SMILES string of the molecule is O=C(NCCC(=O)N1CCN(CC=Cc2ccccc2)CC1)c1ccc(F)cc1F. The lowest BCUT2D eigenvalue weighted by atomic mass is 10.2. The normalized spacial score (nSPS) is 14.8. The van der Waals surface area contributed by atoms with Gasteiger partial charge in [-0.15, -0.1) is 0 Å². The maximum absolute atomic E-state index is 13.6. The van der Waals surface area contributed by atoms with E-state index in [1.165, 1.54) is 0 Å². The van der Waals surface area contributed by atoms with Crippen molar-refractivity contribution in [2.75, 3.05) is 39.3 Å². The van der Waals surface area contributed by atoms with Gasteiger partial charge < -0.3 is 10.2 Å². The van der Waals surface area contributed by atoms with Crippen molar-refractivity contribution >= 4 is 17.9 Å². The van der Waals surface area contributed by atoms with Gasteiger partial charge in [-0.2, -0.15) is 0 Å². The third-order valence-corrected chi connectivity index (χ3v) is 5.00. The van der Waals surface area contributed by atoms with Crippen molar-refractivity contribution in [3.05, 3.63) is 77.4 Å². The zero-order chi connectivity index (χ0) is 21.3. The molecule has 0 aromatic heterocycles. The number of piperazine rings is 1. The highest BCUT2D eigenvalue weighted by molar-refractivity contribution is 5.94. The van der Waals surface area contributed by atoms with Crippen LogP contribution in [-0.2, 0) is 4.79 Å². The molecule has 1 fully saturated rings. The van der Waals surface area contributed by atoms with Gasteiger partial charge in [0, 0.05) is 51.8 Å². The zero-order valence-electron chi connectivity index (χ0n) is 16.7. The molecule has 0 saturated carbocycles. The lowest BCUT2D eigenvalue weighted by Crippen LogP contribution is -2.49. The lowest BCUT2D eigenvalue weighted by Gasteiger charge is -2.34. The van der Waals surface area contributed by atoms with E-state index >= 15 is 0 Å². The van der Waals surface area contributed by atoms with Gasteiger partial charge in [0.05, 0.1) is 5.56 Å². The van der Waals surface area contributed by atoms with Crippen molar-refractivity contribution in [3.63, 3.8) is 0 Å². The molecule has 0 unspecified atom stereocenters. The second-order valence-electron chi connectivity index (χ2n) is 7.12. The van der Waals surface area contributed by atoms with Crippen LogP contribution in [0.2, 0.25) is 0 Å². The van der Waals surface area contributed by atoms with Crippen LogP contribution < -0.4 is 5.32 Å². The number of carbonyl (C=O) groups is 2. The summed E-state index contributed by atoms with van der Waals surface area (Å²) < 4.78 is 26.5. The van der Waals surface area contributed by atoms with Gasteiger partial charge in [-0.25, -0.2) is 8.78 Å². The quantitative estimate of drug-likeness (QED) is 0.760. The number of nitrogens with zero attached hydrogens (tertiary/aromatic N) is 2. The van der Waals surface area contributed by atoms with Crippen LogP contribution in [0.3, 0.4) is 0 Å². The smallest absolute Gasteiger partial charge is 0.254 e. The monoisotopic (exact) mass is 413 g/mol. The van der Waals surface area contributed by atoms with Gasteiger partial charge in [-0.05, 0) is 17.7 Å². The number of carbonyl (C=O) groups excluding carboxylic acids is 2. The van der Waals surface area contributed by atoms with Gasteiger partial charge in [-0.1, -0.05) is 42.5 Å². The number of amides is 2. The van der Waals surface area contributed by atoms with Crippen LogP contribution in [0.5, 0.6) is 0 Å². The molecule has 0 radical (unpaired) electrons. The Morgan fingerprint density at radius 2 is 1.73 bits per heavy atom. The highest BCUT2D eigenvalue weighted by atomic mass is 19.1. The largest absolute Gasteiger partial charge is 0.351 e. The summed E-state index contributed by atoms with van der Waals surface area (Å²) in [5, 5.41) is 2.51. The van der Waals surface area contributed by atoms with E-state index in [1.54, 1.807) is 4.90 Å². The Labute approximate surface area is 175 Å². The fourth-order valence-corrected chi connectivity index (χ4v) is 3.29. The Kier molecular flexibility index (Phi) is 7.68. The highest BCUT2D eigenvalue weighted by Gasteiger charge is 2.20. The standard InChI is InChI=1S/C23H25F2N3O2/c24-19-8-9-20(21(25)17-19)23(30)26-11-10-22(29)28-15-13-27(14-16-28)12-4-7-18-5-2-1-3-6-18/h1-9,17H,10-16H2,(H,26,30). The molecule has 0 spiro atoms. The molecule has 1 heterocycles. The molecule has 1 N–H and O–H groups in total. The zero-order valence-corrected chi connectivity index (χ0v) is 16.7. The average Bonchev–Trinajstić information content (AvgIpc) is 2.75. The van der Waals surface area contributed by atoms with Crippen LogP contribution >= 0.6 is 0 Å². The molecule has 1 aliphatic heterocycles. The van der Waals surface area contributed by atoms with Crippen LogP contribution in [0.15, 0.2) is 54.6 Å². The third-order valence-electron chi connectivity index (χ3n) is 5.00. The molecule has 7 heteroatoms. The van der Waals surface area contributed by atoms with Gasteiger partial charge in [-0.3, -0.25) is 14.5 Å². The summed E-state index contributed by atoms with van der Waals surface area (Å²) in [7, 11) is 0.